The molecule has 146 valence electrons. The van der Waals surface area contributed by atoms with Gasteiger partial charge in [-0.2, -0.15) is 0 Å². The van der Waals surface area contributed by atoms with Crippen molar-refractivity contribution < 1.29 is 9.53 Å². The van der Waals surface area contributed by atoms with Crippen molar-refractivity contribution in [3.63, 3.8) is 0 Å². The van der Waals surface area contributed by atoms with Gasteiger partial charge in [0.2, 0.25) is 5.91 Å². The molecular weight excluding hydrogens is 362 g/mol. The number of nitrogens with one attached hydrogen (secondary N) is 2. The lowest BCUT2D eigenvalue weighted by molar-refractivity contribution is -0.121. The number of H-pyrrole nitrogens is 1. The van der Waals surface area contributed by atoms with Crippen molar-refractivity contribution >= 4 is 16.9 Å². The highest BCUT2D eigenvalue weighted by Gasteiger charge is 2.07. The average Bonchev–Trinajstić information content (AvgIpc) is 3.20. The number of ether oxygens (including phenoxy) is 1. The number of aromatic nitrogens is 2. The van der Waals surface area contributed by atoms with Gasteiger partial charge in [0.25, 0.3) is 0 Å². The minimum absolute atomic E-state index is 0.0301. The van der Waals surface area contributed by atoms with E-state index in [9.17, 15) is 4.79 Å². The molecule has 0 radical (unpaired) electrons. The van der Waals surface area contributed by atoms with Crippen molar-refractivity contribution in [3.05, 3.63) is 83.9 Å². The van der Waals surface area contributed by atoms with E-state index in [-0.39, 0.29) is 5.91 Å². The predicted molar refractivity (Wildman–Crippen MR) is 115 cm³/mol. The third-order valence-corrected chi connectivity index (χ3v) is 4.86. The number of methoxy groups -OCH3 is 1. The Morgan fingerprint density at radius 2 is 1.86 bits per heavy atom. The smallest absolute Gasteiger partial charge is 0.220 e. The summed E-state index contributed by atoms with van der Waals surface area (Å²) in [4.78, 5) is 20.3. The molecule has 4 aromatic rings. The molecule has 4 rings (SSSR count). The van der Waals surface area contributed by atoms with Crippen LogP contribution >= 0.6 is 0 Å². The van der Waals surface area contributed by atoms with Crippen LogP contribution in [-0.4, -0.2) is 23.0 Å². The van der Waals surface area contributed by atoms with Crippen LogP contribution < -0.4 is 10.1 Å². The molecule has 0 fully saturated rings. The molecule has 1 amide bonds. The van der Waals surface area contributed by atoms with E-state index in [4.69, 9.17) is 4.74 Å². The van der Waals surface area contributed by atoms with Crippen molar-refractivity contribution in [1.29, 1.82) is 0 Å². The van der Waals surface area contributed by atoms with Gasteiger partial charge in [0, 0.05) is 18.5 Å². The first kappa shape index (κ1) is 18.7. The number of aryl methyl sites for hydroxylation is 1. The molecular formula is C24H23N3O2. The highest BCUT2D eigenvalue weighted by molar-refractivity contribution is 5.80. The summed E-state index contributed by atoms with van der Waals surface area (Å²) in [5.41, 5.74) is 5.10. The van der Waals surface area contributed by atoms with Crippen LogP contribution in [-0.2, 0) is 17.8 Å². The highest BCUT2D eigenvalue weighted by atomic mass is 16.5. The molecule has 0 aliphatic heterocycles. The number of hydrogen-bond donors (Lipinski definition) is 2. The van der Waals surface area contributed by atoms with Crippen molar-refractivity contribution in [2.45, 2.75) is 19.4 Å². The maximum atomic E-state index is 12.2. The third kappa shape index (κ3) is 4.63. The summed E-state index contributed by atoms with van der Waals surface area (Å²) in [5, 5.41) is 2.97. The summed E-state index contributed by atoms with van der Waals surface area (Å²) in [5.74, 6) is 1.68. The Balaban J connectivity index is 1.36. The second kappa shape index (κ2) is 8.61. The fourth-order valence-corrected chi connectivity index (χ4v) is 3.27. The molecule has 1 aromatic heterocycles. The molecule has 5 nitrogen and oxygen atoms in total. The minimum Gasteiger partial charge on any atom is -0.497 e. The molecule has 5 heteroatoms. The SMILES string of the molecule is COc1cccc(CNC(=O)CCc2ccc3nc(-c4ccccc4)[nH]c3c2)c1. The number of imidazole rings is 1. The van der Waals surface area contributed by atoms with Crippen molar-refractivity contribution in [2.24, 2.45) is 0 Å². The Morgan fingerprint density at radius 1 is 1.00 bits per heavy atom. The largest absolute Gasteiger partial charge is 0.497 e. The molecule has 29 heavy (non-hydrogen) atoms. The Bertz CT molecular complexity index is 1120. The molecule has 0 saturated heterocycles. The predicted octanol–water partition coefficient (Wildman–Crippen LogP) is 4.49. The molecule has 0 aliphatic rings. The first-order chi connectivity index (χ1) is 14.2. The maximum Gasteiger partial charge on any atom is 0.220 e. The van der Waals surface area contributed by atoms with E-state index >= 15 is 0 Å². The van der Waals surface area contributed by atoms with E-state index in [1.807, 2.05) is 66.7 Å². The Morgan fingerprint density at radius 3 is 2.69 bits per heavy atom. The second-order valence-electron chi connectivity index (χ2n) is 6.93. The third-order valence-electron chi connectivity index (χ3n) is 4.86. The summed E-state index contributed by atoms with van der Waals surface area (Å²) in [6, 6.07) is 23.9. The molecule has 1 heterocycles. The van der Waals surface area contributed by atoms with E-state index in [1.54, 1.807) is 7.11 Å². The molecule has 3 aromatic carbocycles. The summed E-state index contributed by atoms with van der Waals surface area (Å²) in [6.45, 7) is 0.496. The molecule has 0 unspecified atom stereocenters. The Kier molecular flexibility index (Phi) is 5.56. The number of fused-ring (bicyclic) bond motifs is 1. The first-order valence-electron chi connectivity index (χ1n) is 9.65. The quantitative estimate of drug-likeness (QED) is 0.493. The zero-order chi connectivity index (χ0) is 20.1. The number of carbonyl (C=O) groups excluding carboxylic acids is 1. The van der Waals surface area contributed by atoms with Crippen molar-refractivity contribution in [1.82, 2.24) is 15.3 Å². The van der Waals surface area contributed by atoms with Gasteiger partial charge in [-0.15, -0.1) is 0 Å². The van der Waals surface area contributed by atoms with E-state index in [2.05, 4.69) is 21.4 Å². The lowest BCUT2D eigenvalue weighted by atomic mass is 10.1. The van der Waals surface area contributed by atoms with Gasteiger partial charge in [-0.1, -0.05) is 48.5 Å². The summed E-state index contributed by atoms with van der Waals surface area (Å²) >= 11 is 0. The number of nitrogens with zero attached hydrogens (tertiary/aromatic N) is 1. The fraction of sp³-hybridized carbons (Fsp3) is 0.167. The summed E-state index contributed by atoms with van der Waals surface area (Å²) in [6.07, 6.45) is 1.12. The van der Waals surface area contributed by atoms with Gasteiger partial charge in [0.15, 0.2) is 0 Å². The second-order valence-corrected chi connectivity index (χ2v) is 6.93. The normalized spacial score (nSPS) is 10.8. The van der Waals surface area contributed by atoms with Gasteiger partial charge in [-0.3, -0.25) is 4.79 Å². The van der Waals surface area contributed by atoms with Crippen LogP contribution in [0.3, 0.4) is 0 Å². The summed E-state index contributed by atoms with van der Waals surface area (Å²) < 4.78 is 5.21. The Labute approximate surface area is 169 Å². The topological polar surface area (TPSA) is 67.0 Å². The fourth-order valence-electron chi connectivity index (χ4n) is 3.27. The number of rotatable bonds is 7. The van der Waals surface area contributed by atoms with Crippen LogP contribution in [0.2, 0.25) is 0 Å². The number of hydrogen-bond acceptors (Lipinski definition) is 3. The number of amides is 1. The lowest BCUT2D eigenvalue weighted by Crippen LogP contribution is -2.23. The summed E-state index contributed by atoms with van der Waals surface area (Å²) in [7, 11) is 1.64. The van der Waals surface area contributed by atoms with Gasteiger partial charge >= 0.3 is 0 Å². The van der Waals surface area contributed by atoms with Crippen LogP contribution in [0.25, 0.3) is 22.4 Å². The van der Waals surface area contributed by atoms with E-state index < -0.39 is 0 Å². The Hall–Kier alpha value is -3.60. The zero-order valence-corrected chi connectivity index (χ0v) is 16.3. The van der Waals surface area contributed by atoms with Crippen molar-refractivity contribution in [2.75, 3.05) is 7.11 Å². The van der Waals surface area contributed by atoms with Crippen LogP contribution in [0, 0.1) is 0 Å². The maximum absolute atomic E-state index is 12.2. The van der Waals surface area contributed by atoms with Crippen molar-refractivity contribution in [3.8, 4) is 17.1 Å². The highest BCUT2D eigenvalue weighted by Crippen LogP contribution is 2.21. The molecule has 2 N–H and O–H groups in total. The van der Waals surface area contributed by atoms with Gasteiger partial charge < -0.3 is 15.0 Å². The zero-order valence-electron chi connectivity index (χ0n) is 16.3. The monoisotopic (exact) mass is 385 g/mol. The molecule has 0 atom stereocenters. The van der Waals surface area contributed by atoms with E-state index in [1.165, 1.54) is 0 Å². The van der Waals surface area contributed by atoms with Crippen LogP contribution in [0.1, 0.15) is 17.5 Å². The van der Waals surface area contributed by atoms with E-state index in [0.717, 1.165) is 39.3 Å². The number of carbonyl (C=O) groups is 1. The molecule has 0 spiro atoms. The number of aromatic amines is 1. The minimum atomic E-state index is 0.0301. The first-order valence-corrected chi connectivity index (χ1v) is 9.65. The lowest BCUT2D eigenvalue weighted by Gasteiger charge is -2.07. The molecule has 0 aliphatic carbocycles. The van der Waals surface area contributed by atoms with Gasteiger partial charge in [-0.25, -0.2) is 4.98 Å². The van der Waals surface area contributed by atoms with Crippen LogP contribution in [0.15, 0.2) is 72.8 Å². The number of benzene rings is 3. The van der Waals surface area contributed by atoms with Gasteiger partial charge in [0.1, 0.15) is 11.6 Å². The van der Waals surface area contributed by atoms with Gasteiger partial charge in [-0.05, 0) is 41.8 Å². The molecule has 0 bridgehead atoms. The van der Waals surface area contributed by atoms with Crippen LogP contribution in [0.4, 0.5) is 0 Å². The van der Waals surface area contributed by atoms with Gasteiger partial charge in [0.05, 0.1) is 18.1 Å². The average molecular weight is 385 g/mol. The molecule has 0 saturated carbocycles. The standard InChI is InChI=1S/C24H23N3O2/c1-29-20-9-5-6-18(14-20)16-25-23(28)13-11-17-10-12-21-22(15-17)27-24(26-21)19-7-3-2-4-8-19/h2-10,12,14-15H,11,13,16H2,1H3,(H,25,28)(H,26,27). The van der Waals surface area contributed by atoms with Crippen LogP contribution in [0.5, 0.6) is 5.75 Å². The van der Waals surface area contributed by atoms with E-state index in [0.29, 0.717) is 19.4 Å².